The van der Waals surface area contributed by atoms with Gasteiger partial charge < -0.3 is 0 Å². The Balaban J connectivity index is 1.71. The molecule has 0 bridgehead atoms. The van der Waals surface area contributed by atoms with E-state index in [2.05, 4.69) is 40.1 Å². The molecule has 3 N–H and O–H groups in total. The molecule has 1 aromatic heterocycles. The summed E-state index contributed by atoms with van der Waals surface area (Å²) in [7, 11) is 0. The predicted molar refractivity (Wildman–Crippen MR) is 83.7 cm³/mol. The van der Waals surface area contributed by atoms with Crippen LogP contribution in [0.25, 0.3) is 0 Å². The topological polar surface area (TPSA) is 50.9 Å². The number of nitrogens with one attached hydrogen (secondary N) is 1. The molecule has 20 heavy (non-hydrogen) atoms. The Morgan fingerprint density at radius 2 is 2.10 bits per heavy atom. The lowest BCUT2D eigenvalue weighted by Crippen LogP contribution is -2.29. The summed E-state index contributed by atoms with van der Waals surface area (Å²) >= 11 is 1.70. The molecule has 3 rings (SSSR count). The number of hydrogen-bond donors (Lipinski definition) is 2. The lowest BCUT2D eigenvalue weighted by molar-refractivity contribution is 0.419. The summed E-state index contributed by atoms with van der Waals surface area (Å²) in [5.74, 6) is 6.51. The SMILES string of the molecule is Cc1csc(CC(NN)c2ccc(C3CCC3)cc2)n1. The first-order valence-electron chi connectivity index (χ1n) is 7.23. The van der Waals surface area contributed by atoms with Crippen molar-refractivity contribution in [1.82, 2.24) is 10.4 Å². The fraction of sp³-hybridized carbons (Fsp3) is 0.438. The van der Waals surface area contributed by atoms with Gasteiger partial charge in [0.2, 0.25) is 0 Å². The van der Waals surface area contributed by atoms with Crippen molar-refractivity contribution < 1.29 is 0 Å². The maximum Gasteiger partial charge on any atom is 0.0947 e. The molecule has 4 heteroatoms. The van der Waals surface area contributed by atoms with Crippen LogP contribution in [0.4, 0.5) is 0 Å². The van der Waals surface area contributed by atoms with Crippen LogP contribution in [0.5, 0.6) is 0 Å². The van der Waals surface area contributed by atoms with Crippen molar-refractivity contribution >= 4 is 11.3 Å². The second-order valence-electron chi connectivity index (χ2n) is 5.60. The van der Waals surface area contributed by atoms with Gasteiger partial charge in [-0.25, -0.2) is 4.98 Å². The van der Waals surface area contributed by atoms with Crippen LogP contribution in [0, 0.1) is 6.92 Å². The van der Waals surface area contributed by atoms with Crippen molar-refractivity contribution in [2.75, 3.05) is 0 Å². The zero-order chi connectivity index (χ0) is 13.9. The largest absolute Gasteiger partial charge is 0.271 e. The number of thiazole rings is 1. The van der Waals surface area contributed by atoms with E-state index in [-0.39, 0.29) is 6.04 Å². The lowest BCUT2D eigenvalue weighted by atomic mass is 9.80. The Bertz CT molecular complexity index is 557. The summed E-state index contributed by atoms with van der Waals surface area (Å²) in [5, 5.41) is 3.22. The Morgan fingerprint density at radius 1 is 1.35 bits per heavy atom. The minimum absolute atomic E-state index is 0.135. The average Bonchev–Trinajstić information content (AvgIpc) is 2.81. The van der Waals surface area contributed by atoms with E-state index >= 15 is 0 Å². The molecule has 0 spiro atoms. The van der Waals surface area contributed by atoms with Gasteiger partial charge in [-0.3, -0.25) is 11.3 Å². The quantitative estimate of drug-likeness (QED) is 0.654. The van der Waals surface area contributed by atoms with Crippen molar-refractivity contribution in [3.8, 4) is 0 Å². The number of aromatic nitrogens is 1. The fourth-order valence-electron chi connectivity index (χ4n) is 2.69. The molecular weight excluding hydrogens is 266 g/mol. The standard InChI is InChI=1S/C16H21N3S/c1-11-10-20-16(18-11)9-15(19-17)14-7-5-13(6-8-14)12-3-2-4-12/h5-8,10,12,15,19H,2-4,9,17H2,1H3. The number of nitrogens with two attached hydrogens (primary N) is 1. The normalized spacial score (nSPS) is 16.9. The summed E-state index contributed by atoms with van der Waals surface area (Å²) in [4.78, 5) is 4.52. The van der Waals surface area contributed by atoms with Gasteiger partial charge in [0.1, 0.15) is 0 Å². The molecule has 1 saturated carbocycles. The van der Waals surface area contributed by atoms with Crippen LogP contribution >= 0.6 is 11.3 Å². The highest BCUT2D eigenvalue weighted by atomic mass is 32.1. The van der Waals surface area contributed by atoms with Crippen LogP contribution in [-0.2, 0) is 6.42 Å². The monoisotopic (exact) mass is 287 g/mol. The van der Waals surface area contributed by atoms with Gasteiger partial charge in [-0.1, -0.05) is 30.7 Å². The van der Waals surface area contributed by atoms with E-state index in [1.165, 1.54) is 30.4 Å². The van der Waals surface area contributed by atoms with E-state index in [1.54, 1.807) is 11.3 Å². The van der Waals surface area contributed by atoms with Crippen LogP contribution in [0.2, 0.25) is 0 Å². The molecule has 106 valence electrons. The van der Waals surface area contributed by atoms with E-state index < -0.39 is 0 Å². The maximum atomic E-state index is 5.72. The number of hydrazine groups is 1. The molecule has 3 nitrogen and oxygen atoms in total. The second kappa shape index (κ2) is 6.04. The molecule has 0 saturated heterocycles. The number of aryl methyl sites for hydroxylation is 1. The zero-order valence-corrected chi connectivity index (χ0v) is 12.6. The summed E-state index contributed by atoms with van der Waals surface area (Å²) in [6.07, 6.45) is 4.91. The third-order valence-electron chi connectivity index (χ3n) is 4.16. The van der Waals surface area contributed by atoms with Gasteiger partial charge >= 0.3 is 0 Å². The highest BCUT2D eigenvalue weighted by molar-refractivity contribution is 7.09. The lowest BCUT2D eigenvalue weighted by Gasteiger charge is -2.26. The van der Waals surface area contributed by atoms with Crippen LogP contribution in [0.3, 0.4) is 0 Å². The molecule has 1 aliphatic rings. The molecule has 2 aromatic rings. The van der Waals surface area contributed by atoms with E-state index in [1.807, 2.05) is 6.92 Å². The van der Waals surface area contributed by atoms with Crippen molar-refractivity contribution in [2.24, 2.45) is 5.84 Å². The molecule has 1 unspecified atom stereocenters. The first kappa shape index (κ1) is 13.7. The maximum absolute atomic E-state index is 5.72. The van der Waals surface area contributed by atoms with Crippen LogP contribution in [-0.4, -0.2) is 4.98 Å². The molecule has 0 aliphatic heterocycles. The third kappa shape index (κ3) is 2.92. The third-order valence-corrected chi connectivity index (χ3v) is 5.15. The summed E-state index contributed by atoms with van der Waals surface area (Å²) in [5.41, 5.74) is 6.72. The molecule has 1 aliphatic carbocycles. The minimum atomic E-state index is 0.135. The number of benzene rings is 1. The molecule has 1 atom stereocenters. The van der Waals surface area contributed by atoms with Crippen LogP contribution in [0.1, 0.15) is 53.1 Å². The van der Waals surface area contributed by atoms with Crippen molar-refractivity contribution in [3.05, 3.63) is 51.5 Å². The molecule has 0 radical (unpaired) electrons. The molecular formula is C16H21N3S. The summed E-state index contributed by atoms with van der Waals surface area (Å²) < 4.78 is 0. The molecule has 1 fully saturated rings. The Hall–Kier alpha value is -1.23. The van der Waals surface area contributed by atoms with Gasteiger partial charge in [0.25, 0.3) is 0 Å². The van der Waals surface area contributed by atoms with Crippen molar-refractivity contribution in [3.63, 3.8) is 0 Å². The average molecular weight is 287 g/mol. The smallest absolute Gasteiger partial charge is 0.0947 e. The van der Waals surface area contributed by atoms with Gasteiger partial charge in [-0.15, -0.1) is 11.3 Å². The summed E-state index contributed by atoms with van der Waals surface area (Å²) in [6, 6.07) is 9.07. The predicted octanol–water partition coefficient (Wildman–Crippen LogP) is 3.47. The van der Waals surface area contributed by atoms with E-state index in [0.717, 1.165) is 23.0 Å². The minimum Gasteiger partial charge on any atom is -0.271 e. The van der Waals surface area contributed by atoms with Gasteiger partial charge in [-0.2, -0.15) is 0 Å². The summed E-state index contributed by atoms with van der Waals surface area (Å²) in [6.45, 7) is 2.03. The second-order valence-corrected chi connectivity index (χ2v) is 6.54. The molecule has 1 heterocycles. The van der Waals surface area contributed by atoms with E-state index in [0.29, 0.717) is 0 Å². The number of rotatable bonds is 5. The zero-order valence-electron chi connectivity index (χ0n) is 11.8. The van der Waals surface area contributed by atoms with Gasteiger partial charge in [0.15, 0.2) is 0 Å². The highest BCUT2D eigenvalue weighted by Gasteiger charge is 2.20. The Kier molecular flexibility index (Phi) is 4.15. The van der Waals surface area contributed by atoms with Crippen molar-refractivity contribution in [1.29, 1.82) is 0 Å². The fourth-order valence-corrected chi connectivity index (χ4v) is 3.51. The van der Waals surface area contributed by atoms with E-state index in [4.69, 9.17) is 5.84 Å². The van der Waals surface area contributed by atoms with Crippen LogP contribution in [0.15, 0.2) is 29.6 Å². The Labute approximate surface area is 124 Å². The van der Waals surface area contributed by atoms with Crippen LogP contribution < -0.4 is 11.3 Å². The molecule has 1 aromatic carbocycles. The first-order chi connectivity index (χ1) is 9.76. The van der Waals surface area contributed by atoms with Gasteiger partial charge in [0.05, 0.1) is 11.0 Å². The van der Waals surface area contributed by atoms with Gasteiger partial charge in [0, 0.05) is 17.5 Å². The van der Waals surface area contributed by atoms with Gasteiger partial charge in [-0.05, 0) is 36.8 Å². The first-order valence-corrected chi connectivity index (χ1v) is 8.11. The Morgan fingerprint density at radius 3 is 2.60 bits per heavy atom. The number of hydrogen-bond acceptors (Lipinski definition) is 4. The van der Waals surface area contributed by atoms with Crippen molar-refractivity contribution in [2.45, 2.75) is 44.6 Å². The van der Waals surface area contributed by atoms with E-state index in [9.17, 15) is 0 Å². The highest BCUT2D eigenvalue weighted by Crippen LogP contribution is 2.36. The molecule has 0 amide bonds. The number of nitrogens with zero attached hydrogens (tertiary/aromatic N) is 1.